The van der Waals surface area contributed by atoms with Gasteiger partial charge in [0.15, 0.2) is 0 Å². The lowest BCUT2D eigenvalue weighted by molar-refractivity contribution is -0.120. The van der Waals surface area contributed by atoms with Gasteiger partial charge in [0.2, 0.25) is 0 Å². The number of carbonyl (C=O) groups excluding carboxylic acids is 1. The van der Waals surface area contributed by atoms with Gasteiger partial charge in [0.05, 0.1) is 12.3 Å². The molecule has 0 aliphatic heterocycles. The van der Waals surface area contributed by atoms with Gasteiger partial charge in [0.1, 0.15) is 6.42 Å². The van der Waals surface area contributed by atoms with E-state index in [1.807, 2.05) is 37.3 Å². The molecule has 1 N–H and O–H groups in total. The number of para-hydroxylation sites is 1. The van der Waals surface area contributed by atoms with Gasteiger partial charge in [-0.15, -0.1) is 6.58 Å². The molecular weight excluding hydrogens is 264 g/mol. The van der Waals surface area contributed by atoms with Crippen molar-refractivity contribution in [3.05, 3.63) is 48.2 Å². The van der Waals surface area contributed by atoms with Crippen LogP contribution in [0.25, 0.3) is 10.9 Å². The van der Waals surface area contributed by atoms with Crippen molar-refractivity contribution in [2.24, 2.45) is 5.10 Å². The fraction of sp³-hybridized carbons (Fsp3) is 0.188. The highest BCUT2D eigenvalue weighted by Crippen LogP contribution is 2.24. The standard InChI is InChI=1S/C16H16N4O/c1-3-10-20-12(2)14(11-18-19-16(21)8-9-17)13-6-4-5-7-15(13)20/h3-7,11H,1,8,10H2,2H3,(H,19,21)/b18-11+. The molecule has 0 saturated heterocycles. The number of hydrazone groups is 1. The van der Waals surface area contributed by atoms with Gasteiger partial charge >= 0.3 is 0 Å². The Hall–Kier alpha value is -2.87. The van der Waals surface area contributed by atoms with Crippen molar-refractivity contribution in [1.82, 2.24) is 9.99 Å². The van der Waals surface area contributed by atoms with E-state index < -0.39 is 5.91 Å². The minimum atomic E-state index is -0.416. The van der Waals surface area contributed by atoms with Crippen LogP contribution in [0.1, 0.15) is 17.7 Å². The van der Waals surface area contributed by atoms with Gasteiger partial charge in [-0.3, -0.25) is 4.79 Å². The van der Waals surface area contributed by atoms with Crippen LogP contribution in [0.3, 0.4) is 0 Å². The van der Waals surface area contributed by atoms with E-state index in [1.54, 1.807) is 12.3 Å². The molecule has 0 atom stereocenters. The molecule has 0 fully saturated rings. The highest BCUT2D eigenvalue weighted by Gasteiger charge is 2.11. The van der Waals surface area contributed by atoms with E-state index in [0.29, 0.717) is 6.54 Å². The van der Waals surface area contributed by atoms with Crippen molar-refractivity contribution in [3.63, 3.8) is 0 Å². The summed E-state index contributed by atoms with van der Waals surface area (Å²) in [6.45, 7) is 6.49. The summed E-state index contributed by atoms with van der Waals surface area (Å²) in [7, 11) is 0. The van der Waals surface area contributed by atoms with Crippen LogP contribution in [0.5, 0.6) is 0 Å². The van der Waals surface area contributed by atoms with Crippen LogP contribution >= 0.6 is 0 Å². The zero-order valence-corrected chi connectivity index (χ0v) is 11.8. The number of fused-ring (bicyclic) bond motifs is 1. The van der Waals surface area contributed by atoms with Gasteiger partial charge in [-0.1, -0.05) is 24.3 Å². The molecule has 5 heteroatoms. The molecule has 0 unspecified atom stereocenters. The predicted octanol–water partition coefficient (Wildman–Crippen LogP) is 2.50. The van der Waals surface area contributed by atoms with Crippen LogP contribution in [0.4, 0.5) is 0 Å². The zero-order chi connectivity index (χ0) is 15.2. The molecule has 106 valence electrons. The number of amides is 1. The Morgan fingerprint density at radius 2 is 2.29 bits per heavy atom. The number of carbonyl (C=O) groups is 1. The van der Waals surface area contributed by atoms with E-state index in [1.165, 1.54) is 0 Å². The molecular formula is C16H16N4O. The number of aromatic nitrogens is 1. The summed E-state index contributed by atoms with van der Waals surface area (Å²) in [6, 6.07) is 9.78. The number of nitriles is 1. The van der Waals surface area contributed by atoms with E-state index in [4.69, 9.17) is 5.26 Å². The third kappa shape index (κ3) is 3.00. The molecule has 21 heavy (non-hydrogen) atoms. The maximum absolute atomic E-state index is 11.2. The lowest BCUT2D eigenvalue weighted by atomic mass is 10.1. The van der Waals surface area contributed by atoms with Crippen LogP contribution in [-0.2, 0) is 11.3 Å². The van der Waals surface area contributed by atoms with Crippen molar-refractivity contribution < 1.29 is 4.79 Å². The first-order chi connectivity index (χ1) is 10.2. The number of nitrogens with one attached hydrogen (secondary N) is 1. The topological polar surface area (TPSA) is 70.2 Å². The van der Waals surface area contributed by atoms with Crippen molar-refractivity contribution in [2.75, 3.05) is 0 Å². The number of hydrogen-bond donors (Lipinski definition) is 1. The summed E-state index contributed by atoms with van der Waals surface area (Å²) in [5.41, 5.74) is 5.44. The molecule has 0 saturated carbocycles. The predicted molar refractivity (Wildman–Crippen MR) is 82.8 cm³/mol. The van der Waals surface area contributed by atoms with Crippen LogP contribution in [-0.4, -0.2) is 16.7 Å². The van der Waals surface area contributed by atoms with Gasteiger partial charge < -0.3 is 4.57 Å². The van der Waals surface area contributed by atoms with E-state index in [2.05, 4.69) is 21.7 Å². The molecule has 0 bridgehead atoms. The van der Waals surface area contributed by atoms with E-state index in [0.717, 1.165) is 22.2 Å². The second kappa shape index (κ2) is 6.53. The number of benzene rings is 1. The van der Waals surface area contributed by atoms with Crippen LogP contribution in [0, 0.1) is 18.3 Å². The number of allylic oxidation sites excluding steroid dienone is 1. The summed E-state index contributed by atoms with van der Waals surface area (Å²) in [5, 5.41) is 13.4. The van der Waals surface area contributed by atoms with Crippen molar-refractivity contribution in [2.45, 2.75) is 19.9 Å². The molecule has 2 rings (SSSR count). The molecule has 1 aromatic carbocycles. The molecule has 0 spiro atoms. The maximum Gasteiger partial charge on any atom is 0.254 e. The lowest BCUT2D eigenvalue weighted by Crippen LogP contribution is -2.16. The number of hydrogen-bond acceptors (Lipinski definition) is 3. The lowest BCUT2D eigenvalue weighted by Gasteiger charge is -2.03. The SMILES string of the molecule is C=CCn1c(C)c(/C=N/NC(=O)CC#N)c2ccccc21. The Bertz CT molecular complexity index is 749. The molecule has 0 aliphatic carbocycles. The fourth-order valence-electron chi connectivity index (χ4n) is 2.27. The van der Waals surface area contributed by atoms with Gasteiger partial charge in [0.25, 0.3) is 5.91 Å². The van der Waals surface area contributed by atoms with Gasteiger partial charge in [0, 0.05) is 28.7 Å². The van der Waals surface area contributed by atoms with E-state index >= 15 is 0 Å². The summed E-state index contributed by atoms with van der Waals surface area (Å²) in [4.78, 5) is 11.2. The average molecular weight is 280 g/mol. The average Bonchev–Trinajstić information content (AvgIpc) is 2.74. The molecule has 1 amide bonds. The Labute approximate surface area is 123 Å². The molecule has 1 heterocycles. The van der Waals surface area contributed by atoms with Gasteiger partial charge in [-0.05, 0) is 13.0 Å². The molecule has 2 aromatic rings. The Morgan fingerprint density at radius 1 is 1.52 bits per heavy atom. The van der Waals surface area contributed by atoms with Crippen molar-refractivity contribution in [1.29, 1.82) is 5.26 Å². The quantitative estimate of drug-likeness (QED) is 0.519. The molecule has 0 radical (unpaired) electrons. The van der Waals surface area contributed by atoms with Gasteiger partial charge in [-0.25, -0.2) is 5.43 Å². The summed E-state index contributed by atoms with van der Waals surface area (Å²) in [6.07, 6.45) is 3.26. The number of nitrogens with zero attached hydrogens (tertiary/aromatic N) is 3. The zero-order valence-electron chi connectivity index (χ0n) is 11.8. The third-order valence-corrected chi connectivity index (χ3v) is 3.21. The fourth-order valence-corrected chi connectivity index (χ4v) is 2.27. The van der Waals surface area contributed by atoms with E-state index in [-0.39, 0.29) is 6.42 Å². The monoisotopic (exact) mass is 280 g/mol. The van der Waals surface area contributed by atoms with E-state index in [9.17, 15) is 4.79 Å². The van der Waals surface area contributed by atoms with Gasteiger partial charge in [-0.2, -0.15) is 10.4 Å². The van der Waals surface area contributed by atoms with Crippen LogP contribution in [0.15, 0.2) is 42.0 Å². The van der Waals surface area contributed by atoms with Crippen molar-refractivity contribution >= 4 is 23.0 Å². The summed E-state index contributed by atoms with van der Waals surface area (Å²) in [5.74, 6) is -0.416. The smallest absolute Gasteiger partial charge is 0.254 e. The third-order valence-electron chi connectivity index (χ3n) is 3.21. The second-order valence-electron chi connectivity index (χ2n) is 4.54. The molecule has 1 aromatic heterocycles. The molecule has 0 aliphatic rings. The second-order valence-corrected chi connectivity index (χ2v) is 4.54. The Morgan fingerprint density at radius 3 is 3.00 bits per heavy atom. The Balaban J connectivity index is 2.38. The van der Waals surface area contributed by atoms with Crippen molar-refractivity contribution in [3.8, 4) is 6.07 Å². The summed E-state index contributed by atoms with van der Waals surface area (Å²) >= 11 is 0. The first kappa shape index (κ1) is 14.5. The minimum absolute atomic E-state index is 0.200. The first-order valence-electron chi connectivity index (χ1n) is 6.56. The highest BCUT2D eigenvalue weighted by molar-refractivity contribution is 6.01. The normalized spacial score (nSPS) is 10.7. The Kier molecular flexibility index (Phi) is 4.52. The largest absolute Gasteiger partial charge is 0.340 e. The molecule has 5 nitrogen and oxygen atoms in total. The number of rotatable bonds is 5. The minimum Gasteiger partial charge on any atom is -0.340 e. The van der Waals surface area contributed by atoms with Crippen LogP contribution < -0.4 is 5.43 Å². The maximum atomic E-state index is 11.2. The highest BCUT2D eigenvalue weighted by atomic mass is 16.2. The summed E-state index contributed by atoms with van der Waals surface area (Å²) < 4.78 is 2.14. The van der Waals surface area contributed by atoms with Crippen LogP contribution in [0.2, 0.25) is 0 Å². The first-order valence-corrected chi connectivity index (χ1v) is 6.56.